The molecule has 0 bridgehead atoms. The van der Waals surface area contributed by atoms with Crippen LogP contribution in [0.15, 0.2) is 24.3 Å². The van der Waals surface area contributed by atoms with Crippen LogP contribution in [-0.2, 0) is 15.5 Å². The van der Waals surface area contributed by atoms with Gasteiger partial charge in [0.1, 0.15) is 5.75 Å². The van der Waals surface area contributed by atoms with Crippen molar-refractivity contribution in [3.63, 3.8) is 0 Å². The quantitative estimate of drug-likeness (QED) is 0.198. The van der Waals surface area contributed by atoms with Crippen LogP contribution in [0.5, 0.6) is 5.75 Å². The second-order valence-electron chi connectivity index (χ2n) is 7.56. The van der Waals surface area contributed by atoms with Crippen molar-refractivity contribution in [3.05, 3.63) is 29.8 Å². The summed E-state index contributed by atoms with van der Waals surface area (Å²) < 4.78 is 23.5. The van der Waals surface area contributed by atoms with E-state index in [-0.39, 0.29) is 0 Å². The predicted molar refractivity (Wildman–Crippen MR) is 117 cm³/mol. The van der Waals surface area contributed by atoms with E-state index >= 15 is 0 Å². The first-order valence-electron chi connectivity index (χ1n) is 11.1. The summed E-state index contributed by atoms with van der Waals surface area (Å²) in [6, 6.07) is 7.96. The molecule has 2 atom stereocenters. The van der Waals surface area contributed by atoms with E-state index < -0.39 is 8.25 Å². The molecule has 0 saturated heterocycles. The van der Waals surface area contributed by atoms with Crippen molar-refractivity contribution in [2.24, 2.45) is 5.92 Å². The normalized spacial score (nSPS) is 13.4. The van der Waals surface area contributed by atoms with Gasteiger partial charge in [0, 0.05) is 0 Å². The van der Waals surface area contributed by atoms with Gasteiger partial charge in [-0.1, -0.05) is 96.8 Å². The lowest BCUT2D eigenvalue weighted by atomic mass is 10.0. The molecule has 1 rings (SSSR count). The highest BCUT2D eigenvalue weighted by molar-refractivity contribution is 7.33. The smallest absolute Gasteiger partial charge is 0.367 e. The first kappa shape index (κ1) is 24.2. The highest BCUT2D eigenvalue weighted by Gasteiger charge is 2.11. The maximum atomic E-state index is 12.3. The molecule has 0 radical (unpaired) electrons. The van der Waals surface area contributed by atoms with Gasteiger partial charge in [0.25, 0.3) is 0 Å². The minimum Gasteiger partial charge on any atom is -0.426 e. The maximum absolute atomic E-state index is 12.3. The predicted octanol–water partition coefficient (Wildman–Crippen LogP) is 7.98. The number of para-hydroxylation sites is 1. The van der Waals surface area contributed by atoms with Gasteiger partial charge < -0.3 is 9.05 Å². The minimum atomic E-state index is -2.49. The van der Waals surface area contributed by atoms with Gasteiger partial charge in [-0.05, 0) is 36.8 Å². The molecule has 0 N–H and O–H groups in total. The summed E-state index contributed by atoms with van der Waals surface area (Å²) in [7, 11) is -2.49. The van der Waals surface area contributed by atoms with Crippen LogP contribution in [-0.4, -0.2) is 6.61 Å². The first-order chi connectivity index (χ1) is 13.2. The lowest BCUT2D eigenvalue weighted by Crippen LogP contribution is -2.06. The van der Waals surface area contributed by atoms with Crippen molar-refractivity contribution in [2.45, 2.75) is 97.8 Å². The number of aryl methyl sites for hydroxylation is 1. The second-order valence-corrected chi connectivity index (χ2v) is 8.55. The van der Waals surface area contributed by atoms with Crippen LogP contribution >= 0.6 is 8.25 Å². The zero-order chi connectivity index (χ0) is 19.7. The van der Waals surface area contributed by atoms with Crippen molar-refractivity contribution in [2.75, 3.05) is 6.61 Å². The Morgan fingerprint density at radius 2 is 1.56 bits per heavy atom. The number of hydrogen-bond donors (Lipinski definition) is 0. The third-order valence-electron chi connectivity index (χ3n) is 5.20. The summed E-state index contributed by atoms with van der Waals surface area (Å²) in [6.07, 6.45) is 14.6. The van der Waals surface area contributed by atoms with Gasteiger partial charge in [0.2, 0.25) is 0 Å². The van der Waals surface area contributed by atoms with E-state index in [1.54, 1.807) is 0 Å². The van der Waals surface area contributed by atoms with E-state index in [0.29, 0.717) is 12.5 Å². The summed E-state index contributed by atoms with van der Waals surface area (Å²) in [4.78, 5) is 0. The van der Waals surface area contributed by atoms with Gasteiger partial charge in [-0.2, -0.15) is 0 Å². The average molecular weight is 397 g/mol. The SMILES string of the molecule is CCCCCCCCCc1ccccc1O[PH](=O)OCC(CC)CCCC. The van der Waals surface area contributed by atoms with E-state index in [0.717, 1.165) is 37.0 Å². The Hall–Kier alpha value is -0.790. The fraction of sp³-hybridized carbons (Fsp3) is 0.739. The Kier molecular flexibility index (Phi) is 14.5. The zero-order valence-corrected chi connectivity index (χ0v) is 18.8. The molecule has 0 aromatic heterocycles. The lowest BCUT2D eigenvalue weighted by Gasteiger charge is -2.15. The summed E-state index contributed by atoms with van der Waals surface area (Å²) in [5.74, 6) is 1.21. The van der Waals surface area contributed by atoms with Gasteiger partial charge >= 0.3 is 8.25 Å². The van der Waals surface area contributed by atoms with Gasteiger partial charge in [0.05, 0.1) is 6.61 Å². The molecule has 0 amide bonds. The van der Waals surface area contributed by atoms with Crippen LogP contribution < -0.4 is 4.52 Å². The van der Waals surface area contributed by atoms with Gasteiger partial charge in [-0.25, -0.2) is 4.57 Å². The standard InChI is InChI=1S/C23H41O3P/c1-4-7-9-10-11-12-13-17-22-18-14-15-19-23(22)26-27(24)25-20-21(6-3)16-8-5-2/h14-15,18-19,21,27H,4-13,16-17,20H2,1-3H3. The van der Waals surface area contributed by atoms with E-state index in [1.165, 1.54) is 51.4 Å². The largest absolute Gasteiger partial charge is 0.426 e. The van der Waals surface area contributed by atoms with Crippen LogP contribution in [0.25, 0.3) is 0 Å². The molecule has 2 unspecified atom stereocenters. The van der Waals surface area contributed by atoms with Gasteiger partial charge in [-0.15, -0.1) is 0 Å². The Bertz CT molecular complexity index is 504. The Balaban J connectivity index is 2.36. The monoisotopic (exact) mass is 396 g/mol. The molecule has 0 aliphatic rings. The molecule has 0 spiro atoms. The van der Waals surface area contributed by atoms with Gasteiger partial charge in [-0.3, -0.25) is 0 Å². The summed E-state index contributed by atoms with van der Waals surface area (Å²) in [6.45, 7) is 7.15. The fourth-order valence-electron chi connectivity index (χ4n) is 3.29. The molecule has 156 valence electrons. The molecule has 4 heteroatoms. The molecule has 0 heterocycles. The number of benzene rings is 1. The average Bonchev–Trinajstić information content (AvgIpc) is 2.68. The number of unbranched alkanes of at least 4 members (excludes halogenated alkanes) is 7. The lowest BCUT2D eigenvalue weighted by molar-refractivity contribution is 0.221. The summed E-state index contributed by atoms with van der Waals surface area (Å²) in [5.41, 5.74) is 1.14. The van der Waals surface area contributed by atoms with Crippen LogP contribution in [0.4, 0.5) is 0 Å². The molecule has 0 saturated carbocycles. The molecular formula is C23H41O3P. The zero-order valence-electron chi connectivity index (χ0n) is 17.8. The second kappa shape index (κ2) is 16.2. The van der Waals surface area contributed by atoms with E-state index in [1.807, 2.05) is 18.2 Å². The van der Waals surface area contributed by atoms with E-state index in [4.69, 9.17) is 9.05 Å². The maximum Gasteiger partial charge on any atom is 0.367 e. The summed E-state index contributed by atoms with van der Waals surface area (Å²) in [5, 5.41) is 0. The van der Waals surface area contributed by atoms with Crippen molar-refractivity contribution in [1.82, 2.24) is 0 Å². The van der Waals surface area contributed by atoms with E-state index in [9.17, 15) is 4.57 Å². The fourth-order valence-corrected chi connectivity index (χ4v) is 4.10. The minimum absolute atomic E-state index is 0.477. The molecule has 0 aliphatic carbocycles. The Labute approximate surface area is 168 Å². The molecule has 0 fully saturated rings. The number of rotatable bonds is 17. The Morgan fingerprint density at radius 1 is 0.889 bits per heavy atom. The topological polar surface area (TPSA) is 35.5 Å². The summed E-state index contributed by atoms with van der Waals surface area (Å²) >= 11 is 0. The third-order valence-corrected chi connectivity index (χ3v) is 5.98. The highest BCUT2D eigenvalue weighted by Crippen LogP contribution is 2.32. The molecule has 1 aromatic rings. The van der Waals surface area contributed by atoms with Crippen molar-refractivity contribution in [3.8, 4) is 5.75 Å². The van der Waals surface area contributed by atoms with Crippen LogP contribution in [0.1, 0.15) is 97.0 Å². The number of hydrogen-bond acceptors (Lipinski definition) is 3. The van der Waals surface area contributed by atoms with Crippen molar-refractivity contribution >= 4 is 8.25 Å². The third kappa shape index (κ3) is 11.6. The van der Waals surface area contributed by atoms with Gasteiger partial charge in [0.15, 0.2) is 0 Å². The molecule has 3 nitrogen and oxygen atoms in total. The Morgan fingerprint density at radius 3 is 2.26 bits per heavy atom. The molecule has 0 aliphatic heterocycles. The molecule has 27 heavy (non-hydrogen) atoms. The van der Waals surface area contributed by atoms with Crippen molar-refractivity contribution in [1.29, 1.82) is 0 Å². The van der Waals surface area contributed by atoms with Crippen LogP contribution in [0.3, 0.4) is 0 Å². The first-order valence-corrected chi connectivity index (χ1v) is 12.4. The van der Waals surface area contributed by atoms with Crippen molar-refractivity contribution < 1.29 is 13.6 Å². The van der Waals surface area contributed by atoms with E-state index in [2.05, 4.69) is 26.8 Å². The molecule has 1 aromatic carbocycles. The highest BCUT2D eigenvalue weighted by atomic mass is 31.1. The van der Waals surface area contributed by atoms with Crippen LogP contribution in [0.2, 0.25) is 0 Å². The molecular weight excluding hydrogens is 355 g/mol. The van der Waals surface area contributed by atoms with Crippen LogP contribution in [0, 0.1) is 5.92 Å².